The second kappa shape index (κ2) is 7.60. The van der Waals surface area contributed by atoms with Crippen molar-refractivity contribution < 1.29 is 14.0 Å². The second-order valence-electron chi connectivity index (χ2n) is 6.95. The Kier molecular flexibility index (Phi) is 5.35. The Balaban J connectivity index is 1.56. The summed E-state index contributed by atoms with van der Waals surface area (Å²) in [5.74, 6) is -0.844. The number of rotatable bonds is 5. The number of alkyl halides is 1. The average molecular weight is 472 g/mol. The van der Waals surface area contributed by atoms with Gasteiger partial charge in [0.05, 0.1) is 12.1 Å². The second-order valence-corrected chi connectivity index (χ2v) is 10.4. The average Bonchev–Trinajstić information content (AvgIpc) is 3.20. The summed E-state index contributed by atoms with van der Waals surface area (Å²) >= 11 is 6.19. The molecule has 0 aliphatic heterocycles. The maximum absolute atomic E-state index is 14.5. The van der Waals surface area contributed by atoms with E-state index in [1.165, 1.54) is 22.7 Å². The highest BCUT2D eigenvalue weighted by atomic mass is 79.9. The third kappa shape index (κ3) is 3.82. The van der Waals surface area contributed by atoms with Crippen LogP contribution in [0.1, 0.15) is 57.8 Å². The van der Waals surface area contributed by atoms with Crippen molar-refractivity contribution in [2.75, 3.05) is 5.32 Å². The fourth-order valence-corrected chi connectivity index (χ4v) is 6.02. The van der Waals surface area contributed by atoms with E-state index in [9.17, 15) is 14.0 Å². The maximum atomic E-state index is 14.5. The van der Waals surface area contributed by atoms with Gasteiger partial charge in [0.15, 0.2) is 9.59 Å². The molecule has 2 amide bonds. The Morgan fingerprint density at radius 1 is 1.22 bits per heavy atom. The molecule has 2 aliphatic carbocycles. The molecular weight excluding hydrogens is 453 g/mol. The van der Waals surface area contributed by atoms with E-state index in [0.29, 0.717) is 17.1 Å². The van der Waals surface area contributed by atoms with E-state index in [-0.39, 0.29) is 18.7 Å². The van der Waals surface area contributed by atoms with E-state index in [1.54, 1.807) is 6.20 Å². The summed E-state index contributed by atoms with van der Waals surface area (Å²) < 4.78 is 15.2. The number of carbonyl (C=O) groups is 2. The van der Waals surface area contributed by atoms with Crippen molar-refractivity contribution >= 4 is 55.4 Å². The topological polar surface area (TPSA) is 71.1 Å². The number of aromatic nitrogens is 1. The van der Waals surface area contributed by atoms with Gasteiger partial charge in [0.1, 0.15) is 5.00 Å². The molecule has 1 fully saturated rings. The Labute approximate surface area is 172 Å². The molecular formula is C18H19BrFN3O2S2. The number of hydrogen-bond acceptors (Lipinski definition) is 5. The molecule has 1 saturated carbocycles. The molecule has 27 heavy (non-hydrogen) atoms. The van der Waals surface area contributed by atoms with Crippen molar-refractivity contribution in [2.45, 2.75) is 57.2 Å². The molecule has 5 nitrogen and oxygen atoms in total. The number of thiophene rings is 1. The van der Waals surface area contributed by atoms with Crippen LogP contribution in [0.25, 0.3) is 0 Å². The van der Waals surface area contributed by atoms with E-state index in [0.717, 1.165) is 51.3 Å². The Morgan fingerprint density at radius 3 is 2.67 bits per heavy atom. The van der Waals surface area contributed by atoms with Gasteiger partial charge >= 0.3 is 0 Å². The largest absolute Gasteiger partial charge is 0.347 e. The van der Waals surface area contributed by atoms with Gasteiger partial charge in [-0.25, -0.2) is 9.37 Å². The standard InChI is InChI=1S/C18H19BrFN3O2S2/c19-17-22-9-10(26-17)8-21-14(24)13-11-4-1-2-5-12(11)27-15(13)23-16(25)18(20)6-3-7-18/h9H,1-8H2,(H,21,24)(H,23,25). The lowest BCUT2D eigenvalue weighted by Gasteiger charge is -2.31. The van der Waals surface area contributed by atoms with Crippen molar-refractivity contribution in [1.82, 2.24) is 10.3 Å². The summed E-state index contributed by atoms with van der Waals surface area (Å²) in [5, 5.41) is 6.12. The molecule has 2 aromatic rings. The van der Waals surface area contributed by atoms with Crippen LogP contribution in [0.15, 0.2) is 10.1 Å². The molecule has 2 aliphatic rings. The van der Waals surface area contributed by atoms with Gasteiger partial charge in [-0.3, -0.25) is 9.59 Å². The maximum Gasteiger partial charge on any atom is 0.262 e. The van der Waals surface area contributed by atoms with Crippen molar-refractivity contribution in [1.29, 1.82) is 0 Å². The third-order valence-electron chi connectivity index (χ3n) is 5.13. The monoisotopic (exact) mass is 471 g/mol. The lowest BCUT2D eigenvalue weighted by atomic mass is 9.81. The highest BCUT2D eigenvalue weighted by Crippen LogP contribution is 2.41. The van der Waals surface area contributed by atoms with Gasteiger partial charge in [0.2, 0.25) is 0 Å². The molecule has 2 N–H and O–H groups in total. The van der Waals surface area contributed by atoms with Gasteiger partial charge in [-0.2, -0.15) is 0 Å². The molecule has 0 spiro atoms. The molecule has 2 aromatic heterocycles. The zero-order chi connectivity index (χ0) is 19.0. The van der Waals surface area contributed by atoms with Crippen LogP contribution in [-0.4, -0.2) is 22.5 Å². The fraction of sp³-hybridized carbons (Fsp3) is 0.500. The molecule has 2 heterocycles. The Hall–Kier alpha value is -1.32. The zero-order valence-electron chi connectivity index (χ0n) is 14.6. The zero-order valence-corrected chi connectivity index (χ0v) is 17.8. The highest BCUT2D eigenvalue weighted by Gasteiger charge is 2.45. The third-order valence-corrected chi connectivity index (χ3v) is 7.81. The van der Waals surface area contributed by atoms with Crippen LogP contribution in [0.5, 0.6) is 0 Å². The Bertz CT molecular complexity index is 891. The van der Waals surface area contributed by atoms with Gasteiger partial charge in [0, 0.05) is 16.0 Å². The van der Waals surface area contributed by atoms with E-state index in [2.05, 4.69) is 31.5 Å². The summed E-state index contributed by atoms with van der Waals surface area (Å²) in [6.45, 7) is 0.368. The first-order chi connectivity index (χ1) is 13.0. The van der Waals surface area contributed by atoms with Gasteiger partial charge < -0.3 is 10.6 Å². The fourth-order valence-electron chi connectivity index (χ4n) is 3.44. The predicted octanol–water partition coefficient (Wildman–Crippen LogP) is 4.61. The predicted molar refractivity (Wildman–Crippen MR) is 108 cm³/mol. The summed E-state index contributed by atoms with van der Waals surface area (Å²) in [7, 11) is 0. The van der Waals surface area contributed by atoms with Crippen LogP contribution in [0.3, 0.4) is 0 Å². The number of amides is 2. The van der Waals surface area contributed by atoms with Crippen molar-refractivity contribution in [3.63, 3.8) is 0 Å². The number of nitrogens with zero attached hydrogens (tertiary/aromatic N) is 1. The van der Waals surface area contributed by atoms with Crippen LogP contribution in [0.4, 0.5) is 9.39 Å². The molecule has 0 saturated heterocycles. The number of thiazole rings is 1. The number of anilines is 1. The van der Waals surface area contributed by atoms with Crippen LogP contribution >= 0.6 is 38.6 Å². The molecule has 0 radical (unpaired) electrons. The van der Waals surface area contributed by atoms with Crippen LogP contribution < -0.4 is 10.6 Å². The lowest BCUT2D eigenvalue weighted by molar-refractivity contribution is -0.132. The highest BCUT2D eigenvalue weighted by molar-refractivity contribution is 9.11. The van der Waals surface area contributed by atoms with Gasteiger partial charge in [0.25, 0.3) is 11.8 Å². The molecule has 0 unspecified atom stereocenters. The SMILES string of the molecule is O=C(NCc1cnc(Br)s1)c1c(NC(=O)C2(F)CCC2)sc2c1CCCC2. The minimum Gasteiger partial charge on any atom is -0.347 e. The molecule has 4 rings (SSSR count). The number of carbonyl (C=O) groups excluding carboxylic acids is 2. The normalized spacial score (nSPS) is 17.7. The summed E-state index contributed by atoms with van der Waals surface area (Å²) in [6.07, 6.45) is 6.76. The first kappa shape index (κ1) is 19.0. The van der Waals surface area contributed by atoms with Gasteiger partial charge in [-0.15, -0.1) is 22.7 Å². The van der Waals surface area contributed by atoms with E-state index >= 15 is 0 Å². The molecule has 144 valence electrons. The summed E-state index contributed by atoms with van der Waals surface area (Å²) in [6, 6.07) is 0. The number of halogens is 2. The minimum atomic E-state index is -1.78. The first-order valence-corrected chi connectivity index (χ1v) is 11.4. The quantitative estimate of drug-likeness (QED) is 0.668. The molecule has 0 bridgehead atoms. The van der Waals surface area contributed by atoms with Crippen molar-refractivity contribution in [2.24, 2.45) is 0 Å². The van der Waals surface area contributed by atoms with E-state index < -0.39 is 11.6 Å². The first-order valence-electron chi connectivity index (χ1n) is 8.99. The number of nitrogens with one attached hydrogen (secondary N) is 2. The summed E-state index contributed by atoms with van der Waals surface area (Å²) in [4.78, 5) is 31.5. The van der Waals surface area contributed by atoms with Crippen LogP contribution in [-0.2, 0) is 24.2 Å². The summed E-state index contributed by atoms with van der Waals surface area (Å²) in [5.41, 5.74) is -0.270. The van der Waals surface area contributed by atoms with Crippen molar-refractivity contribution in [3.8, 4) is 0 Å². The van der Waals surface area contributed by atoms with Crippen LogP contribution in [0, 0.1) is 0 Å². The minimum absolute atomic E-state index is 0.226. The molecule has 9 heteroatoms. The van der Waals surface area contributed by atoms with Crippen molar-refractivity contribution in [3.05, 3.63) is 31.0 Å². The number of fused-ring (bicyclic) bond motifs is 1. The molecule has 0 atom stereocenters. The van der Waals surface area contributed by atoms with Crippen LogP contribution in [0.2, 0.25) is 0 Å². The van der Waals surface area contributed by atoms with E-state index in [1.807, 2.05) is 0 Å². The number of hydrogen-bond donors (Lipinski definition) is 2. The molecule has 0 aromatic carbocycles. The number of aryl methyl sites for hydroxylation is 1. The van der Waals surface area contributed by atoms with Gasteiger partial charge in [-0.1, -0.05) is 0 Å². The van der Waals surface area contributed by atoms with Gasteiger partial charge in [-0.05, 0) is 66.4 Å². The Morgan fingerprint density at radius 2 is 2.00 bits per heavy atom. The smallest absolute Gasteiger partial charge is 0.262 e. The van der Waals surface area contributed by atoms with E-state index in [4.69, 9.17) is 0 Å². The lowest BCUT2D eigenvalue weighted by Crippen LogP contribution is -2.44.